The second-order valence-corrected chi connectivity index (χ2v) is 5.34. The molecule has 1 heterocycles. The molecule has 1 aromatic heterocycles. The first kappa shape index (κ1) is 13.3. The van der Waals surface area contributed by atoms with E-state index in [1.807, 2.05) is 19.1 Å². The summed E-state index contributed by atoms with van der Waals surface area (Å²) in [6.07, 6.45) is 2.27. The van der Waals surface area contributed by atoms with E-state index in [1.165, 1.54) is 0 Å². The lowest BCUT2D eigenvalue weighted by atomic mass is 9.89. The highest BCUT2D eigenvalue weighted by molar-refractivity contribution is 9.10. The van der Waals surface area contributed by atoms with E-state index in [2.05, 4.69) is 26.2 Å². The largest absolute Gasteiger partial charge is 0.465 e. The number of nitrogens with one attached hydrogen (secondary N) is 1. The van der Waals surface area contributed by atoms with E-state index in [1.54, 1.807) is 6.20 Å². The zero-order valence-electron chi connectivity index (χ0n) is 9.97. The van der Waals surface area contributed by atoms with Crippen LogP contribution in [0.1, 0.15) is 31.6 Å². The Kier molecular flexibility index (Phi) is 4.19. The predicted molar refractivity (Wildman–Crippen MR) is 69.4 cm³/mol. The van der Waals surface area contributed by atoms with E-state index in [0.29, 0.717) is 0 Å². The summed E-state index contributed by atoms with van der Waals surface area (Å²) in [6.45, 7) is 1.95. The summed E-state index contributed by atoms with van der Waals surface area (Å²) in [4.78, 5) is 14.7. The molecule has 98 valence electrons. The number of aromatic nitrogens is 1. The van der Waals surface area contributed by atoms with E-state index in [9.17, 15) is 4.79 Å². The molecule has 0 saturated heterocycles. The fourth-order valence-corrected chi connectivity index (χ4v) is 2.19. The first-order valence-corrected chi connectivity index (χ1v) is 6.60. The minimum atomic E-state index is -0.971. The van der Waals surface area contributed by atoms with Gasteiger partial charge in [-0.3, -0.25) is 4.98 Å². The Labute approximate surface area is 114 Å². The highest BCUT2D eigenvalue weighted by Gasteiger charge is 2.32. The second kappa shape index (κ2) is 5.67. The second-order valence-electron chi connectivity index (χ2n) is 4.42. The van der Waals surface area contributed by atoms with E-state index in [0.717, 1.165) is 23.0 Å². The van der Waals surface area contributed by atoms with Crippen LogP contribution < -0.4 is 5.32 Å². The maximum Gasteiger partial charge on any atom is 0.404 e. The van der Waals surface area contributed by atoms with Crippen LogP contribution in [0.3, 0.4) is 0 Å². The van der Waals surface area contributed by atoms with Crippen molar-refractivity contribution in [3.8, 4) is 0 Å². The summed E-state index contributed by atoms with van der Waals surface area (Å²) in [5, 5.41) is 11.0. The molecule has 2 rings (SSSR count). The van der Waals surface area contributed by atoms with Gasteiger partial charge in [-0.05, 0) is 47.8 Å². The summed E-state index contributed by atoms with van der Waals surface area (Å²) in [5.41, 5.74) is 0.882. The number of pyridine rings is 1. The zero-order chi connectivity index (χ0) is 13.1. The Morgan fingerprint density at radius 3 is 2.89 bits per heavy atom. The Morgan fingerprint density at radius 2 is 2.33 bits per heavy atom. The van der Waals surface area contributed by atoms with E-state index < -0.39 is 6.09 Å². The van der Waals surface area contributed by atoms with Gasteiger partial charge in [0.05, 0.1) is 17.9 Å². The maximum absolute atomic E-state index is 10.4. The van der Waals surface area contributed by atoms with Crippen LogP contribution >= 0.6 is 15.9 Å². The lowest BCUT2D eigenvalue weighted by Crippen LogP contribution is -2.47. The van der Waals surface area contributed by atoms with Crippen LogP contribution in [0, 0.1) is 0 Å². The highest BCUT2D eigenvalue weighted by atomic mass is 79.9. The first-order chi connectivity index (χ1) is 8.54. The van der Waals surface area contributed by atoms with Crippen molar-refractivity contribution in [1.29, 1.82) is 0 Å². The third kappa shape index (κ3) is 3.43. The molecule has 1 atom stereocenters. The zero-order valence-corrected chi connectivity index (χ0v) is 11.6. The van der Waals surface area contributed by atoms with Gasteiger partial charge in [0, 0.05) is 16.7 Å². The summed E-state index contributed by atoms with van der Waals surface area (Å²) < 4.78 is 6.75. The summed E-state index contributed by atoms with van der Waals surface area (Å²) in [7, 11) is 0. The van der Waals surface area contributed by atoms with Crippen molar-refractivity contribution in [1.82, 2.24) is 10.3 Å². The van der Waals surface area contributed by atoms with Gasteiger partial charge in [0.25, 0.3) is 0 Å². The minimum absolute atomic E-state index is 0.0255. The fourth-order valence-electron chi connectivity index (χ4n) is 1.96. The summed E-state index contributed by atoms with van der Waals surface area (Å²) in [5.74, 6) is 0. The molecule has 1 aromatic rings. The summed E-state index contributed by atoms with van der Waals surface area (Å²) in [6, 6.07) is 3.87. The molecule has 0 bridgehead atoms. The molecule has 5 nitrogen and oxygen atoms in total. The molecule has 1 amide bonds. The van der Waals surface area contributed by atoms with Crippen LogP contribution in [0.25, 0.3) is 0 Å². The van der Waals surface area contributed by atoms with Gasteiger partial charge in [-0.15, -0.1) is 0 Å². The lowest BCUT2D eigenvalue weighted by Gasteiger charge is -2.36. The first-order valence-electron chi connectivity index (χ1n) is 5.81. The van der Waals surface area contributed by atoms with E-state index in [-0.39, 0.29) is 18.2 Å². The third-order valence-electron chi connectivity index (χ3n) is 2.99. The molecular formula is C12H15BrN2O3. The molecule has 1 unspecified atom stereocenters. The van der Waals surface area contributed by atoms with Gasteiger partial charge in [0.1, 0.15) is 0 Å². The van der Waals surface area contributed by atoms with E-state index in [4.69, 9.17) is 9.84 Å². The van der Waals surface area contributed by atoms with Gasteiger partial charge in [0.2, 0.25) is 0 Å². The lowest BCUT2D eigenvalue weighted by molar-refractivity contribution is -0.0590. The Hall–Kier alpha value is -1.14. The van der Waals surface area contributed by atoms with Crippen LogP contribution in [0.4, 0.5) is 4.79 Å². The van der Waals surface area contributed by atoms with Crippen molar-refractivity contribution in [3.05, 3.63) is 28.5 Å². The van der Waals surface area contributed by atoms with Crippen molar-refractivity contribution in [2.75, 3.05) is 0 Å². The number of hydrogen-bond acceptors (Lipinski definition) is 3. The smallest absolute Gasteiger partial charge is 0.404 e. The van der Waals surface area contributed by atoms with Crippen molar-refractivity contribution in [2.45, 2.75) is 38.0 Å². The molecule has 1 aliphatic rings. The minimum Gasteiger partial charge on any atom is -0.465 e. The number of ether oxygens (including phenoxy) is 1. The SMILES string of the molecule is CC(OC1CC(NC(=O)O)C1)c1ccc(Br)cn1. The van der Waals surface area contributed by atoms with E-state index >= 15 is 0 Å². The van der Waals surface area contributed by atoms with Gasteiger partial charge >= 0.3 is 6.09 Å². The molecule has 18 heavy (non-hydrogen) atoms. The van der Waals surface area contributed by atoms with Crippen LogP contribution in [0.5, 0.6) is 0 Å². The number of nitrogens with zero attached hydrogens (tertiary/aromatic N) is 1. The average molecular weight is 315 g/mol. The van der Waals surface area contributed by atoms with Gasteiger partial charge < -0.3 is 15.2 Å². The molecule has 2 N–H and O–H groups in total. The van der Waals surface area contributed by atoms with Crippen molar-refractivity contribution < 1.29 is 14.6 Å². The van der Waals surface area contributed by atoms with Crippen molar-refractivity contribution >= 4 is 22.0 Å². The molecule has 0 radical (unpaired) electrons. The predicted octanol–water partition coefficient (Wildman–Crippen LogP) is 2.72. The summed E-state index contributed by atoms with van der Waals surface area (Å²) >= 11 is 3.33. The van der Waals surface area contributed by atoms with Crippen LogP contribution in [0.2, 0.25) is 0 Å². The van der Waals surface area contributed by atoms with Crippen molar-refractivity contribution in [3.63, 3.8) is 0 Å². The normalized spacial score (nSPS) is 24.1. The number of carbonyl (C=O) groups is 1. The monoisotopic (exact) mass is 314 g/mol. The number of rotatable bonds is 4. The highest BCUT2D eigenvalue weighted by Crippen LogP contribution is 2.28. The Balaban J connectivity index is 1.78. The number of halogens is 1. The standard InChI is InChI=1S/C12H15BrN2O3/c1-7(11-3-2-8(13)6-14-11)18-10-4-9(5-10)15-12(16)17/h2-3,6-7,9-10,15H,4-5H2,1H3,(H,16,17). The molecule has 6 heteroatoms. The quantitative estimate of drug-likeness (QED) is 0.896. The van der Waals surface area contributed by atoms with Gasteiger partial charge in [0.15, 0.2) is 0 Å². The molecule has 1 saturated carbocycles. The number of amides is 1. The maximum atomic E-state index is 10.4. The van der Waals surface area contributed by atoms with Crippen molar-refractivity contribution in [2.24, 2.45) is 0 Å². The molecule has 0 spiro atoms. The van der Waals surface area contributed by atoms with Gasteiger partial charge in [-0.2, -0.15) is 0 Å². The number of carboxylic acid groups (broad SMARTS) is 1. The molecular weight excluding hydrogens is 300 g/mol. The molecule has 0 aliphatic heterocycles. The fraction of sp³-hybridized carbons (Fsp3) is 0.500. The third-order valence-corrected chi connectivity index (χ3v) is 3.45. The molecule has 1 fully saturated rings. The van der Waals surface area contributed by atoms with Crippen LogP contribution in [-0.2, 0) is 4.74 Å². The Morgan fingerprint density at radius 1 is 1.61 bits per heavy atom. The number of hydrogen-bond donors (Lipinski definition) is 2. The van der Waals surface area contributed by atoms with Crippen LogP contribution in [0.15, 0.2) is 22.8 Å². The van der Waals surface area contributed by atoms with Gasteiger partial charge in [-0.1, -0.05) is 0 Å². The van der Waals surface area contributed by atoms with Gasteiger partial charge in [-0.25, -0.2) is 4.79 Å². The topological polar surface area (TPSA) is 71.5 Å². The molecule has 1 aliphatic carbocycles. The molecule has 0 aromatic carbocycles. The average Bonchev–Trinajstić information content (AvgIpc) is 2.26. The van der Waals surface area contributed by atoms with Crippen LogP contribution in [-0.4, -0.2) is 28.3 Å². The Bertz CT molecular complexity index is 418.